The van der Waals surface area contributed by atoms with Crippen LogP contribution in [-0.4, -0.2) is 25.0 Å². The van der Waals surface area contributed by atoms with Crippen LogP contribution in [0.3, 0.4) is 0 Å². The Labute approximate surface area is 180 Å². The van der Waals surface area contributed by atoms with E-state index in [9.17, 15) is 9.50 Å². The number of pyridine rings is 2. The number of nitrogens with zero attached hydrogens (tertiary/aromatic N) is 4. The molecule has 3 aromatic heterocycles. The van der Waals surface area contributed by atoms with Crippen molar-refractivity contribution in [1.29, 1.82) is 0 Å². The van der Waals surface area contributed by atoms with Crippen molar-refractivity contribution in [1.82, 2.24) is 19.9 Å². The summed E-state index contributed by atoms with van der Waals surface area (Å²) in [5.74, 6) is -0.892. The first-order chi connectivity index (χ1) is 12.0. The molecular weight excluding hydrogens is 430 g/mol. The van der Waals surface area contributed by atoms with Crippen molar-refractivity contribution in [2.24, 2.45) is 0 Å². The Hall–Kier alpha value is -2.42. The average molecular weight is 450 g/mol. The number of halogens is 4. The summed E-state index contributed by atoms with van der Waals surface area (Å²) in [7, 11) is 0. The van der Waals surface area contributed by atoms with Gasteiger partial charge in [-0.3, -0.25) is 0 Å². The number of nitrogens with two attached hydrogens (primary N) is 2. The number of anilines is 2. The van der Waals surface area contributed by atoms with Gasteiger partial charge in [-0.2, -0.15) is 0 Å². The van der Waals surface area contributed by atoms with E-state index < -0.39 is 5.82 Å². The molecule has 0 atom stereocenters. The molecule has 3 heterocycles. The fourth-order valence-corrected chi connectivity index (χ4v) is 2.51. The van der Waals surface area contributed by atoms with E-state index in [1.54, 1.807) is 6.20 Å². The molecule has 0 bridgehead atoms. The van der Waals surface area contributed by atoms with Crippen LogP contribution in [0.25, 0.3) is 22.6 Å². The van der Waals surface area contributed by atoms with E-state index in [0.29, 0.717) is 17.8 Å². The van der Waals surface area contributed by atoms with E-state index in [4.69, 9.17) is 11.5 Å². The van der Waals surface area contributed by atoms with Crippen molar-refractivity contribution in [3.8, 4) is 28.4 Å². The first kappa shape index (κ1) is 25.6. The van der Waals surface area contributed by atoms with E-state index >= 15 is 0 Å². The van der Waals surface area contributed by atoms with Crippen molar-refractivity contribution >= 4 is 49.0 Å². The molecule has 3 rings (SSSR count). The predicted octanol–water partition coefficient (Wildman–Crippen LogP) is 3.83. The first-order valence-electron chi connectivity index (χ1n) is 7.73. The van der Waals surface area contributed by atoms with Gasteiger partial charge in [0.25, 0.3) is 0 Å². The second-order valence-corrected chi connectivity index (χ2v) is 5.47. The molecule has 0 saturated carbocycles. The van der Waals surface area contributed by atoms with Gasteiger partial charge in [0.05, 0.1) is 5.69 Å². The second-order valence-electron chi connectivity index (χ2n) is 5.47. The standard InChI is InChI=1S/C17H17FN6O.3ClH/c1-2-3-9-8-22-17(20)24-14(9)15-12(25)5-4-11(23-15)10-6-7-21-16(19)13(10)18;;;/h4-8,25H,2-3H2,1H3,(H2,19,21)(H2,20,22,24);3*1H. The molecule has 0 aliphatic heterocycles. The molecule has 28 heavy (non-hydrogen) atoms. The molecule has 0 saturated heterocycles. The molecule has 11 heteroatoms. The summed E-state index contributed by atoms with van der Waals surface area (Å²) in [4.78, 5) is 16.3. The minimum atomic E-state index is -0.664. The number of aryl methyl sites for hydroxylation is 1. The molecule has 152 valence electrons. The molecular formula is C17H20Cl3FN6O. The lowest BCUT2D eigenvalue weighted by molar-refractivity contribution is 0.475. The highest BCUT2D eigenvalue weighted by molar-refractivity contribution is 5.86. The number of hydrogen-bond acceptors (Lipinski definition) is 7. The Morgan fingerprint density at radius 2 is 1.71 bits per heavy atom. The highest BCUT2D eigenvalue weighted by Gasteiger charge is 2.17. The van der Waals surface area contributed by atoms with Crippen LogP contribution in [0.4, 0.5) is 16.2 Å². The maximum absolute atomic E-state index is 14.3. The Bertz CT molecular complexity index is 945. The first-order valence-corrected chi connectivity index (χ1v) is 7.73. The Morgan fingerprint density at radius 3 is 2.39 bits per heavy atom. The summed E-state index contributed by atoms with van der Waals surface area (Å²) in [5, 5.41) is 10.2. The van der Waals surface area contributed by atoms with Crippen molar-refractivity contribution in [3.63, 3.8) is 0 Å². The number of aromatic nitrogens is 4. The lowest BCUT2D eigenvalue weighted by atomic mass is 10.1. The van der Waals surface area contributed by atoms with Gasteiger partial charge >= 0.3 is 0 Å². The van der Waals surface area contributed by atoms with E-state index in [1.165, 1.54) is 24.4 Å². The van der Waals surface area contributed by atoms with Gasteiger partial charge in [0, 0.05) is 18.0 Å². The Kier molecular flexibility index (Phi) is 9.86. The molecule has 0 radical (unpaired) electrons. The number of rotatable bonds is 4. The summed E-state index contributed by atoms with van der Waals surface area (Å²) < 4.78 is 14.3. The van der Waals surface area contributed by atoms with E-state index in [-0.39, 0.29) is 66.0 Å². The Balaban J connectivity index is 0.00000243. The van der Waals surface area contributed by atoms with Gasteiger partial charge in [-0.15, -0.1) is 37.2 Å². The largest absolute Gasteiger partial charge is 0.506 e. The van der Waals surface area contributed by atoms with Gasteiger partial charge in [0.15, 0.2) is 11.6 Å². The van der Waals surface area contributed by atoms with Crippen LogP contribution < -0.4 is 11.5 Å². The minimum absolute atomic E-state index is 0. The van der Waals surface area contributed by atoms with Crippen LogP contribution in [0.2, 0.25) is 0 Å². The number of aromatic hydroxyl groups is 1. The summed E-state index contributed by atoms with van der Waals surface area (Å²) in [6, 6.07) is 4.40. The van der Waals surface area contributed by atoms with E-state index in [1.807, 2.05) is 6.92 Å². The van der Waals surface area contributed by atoms with Gasteiger partial charge in [0.1, 0.15) is 17.1 Å². The molecule has 0 amide bonds. The quantitative estimate of drug-likeness (QED) is 0.553. The summed E-state index contributed by atoms with van der Waals surface area (Å²) in [6.07, 6.45) is 4.56. The number of hydrogen-bond donors (Lipinski definition) is 3. The molecule has 0 aliphatic carbocycles. The summed E-state index contributed by atoms with van der Waals surface area (Å²) in [6.45, 7) is 2.01. The van der Waals surface area contributed by atoms with Gasteiger partial charge in [-0.25, -0.2) is 24.3 Å². The lowest BCUT2D eigenvalue weighted by Crippen LogP contribution is -2.03. The van der Waals surface area contributed by atoms with Crippen molar-refractivity contribution < 1.29 is 9.50 Å². The zero-order valence-electron chi connectivity index (χ0n) is 14.8. The van der Waals surface area contributed by atoms with Gasteiger partial charge in [-0.05, 0) is 30.2 Å². The highest BCUT2D eigenvalue weighted by Crippen LogP contribution is 2.33. The van der Waals surface area contributed by atoms with Gasteiger partial charge in [0.2, 0.25) is 5.95 Å². The molecule has 5 N–H and O–H groups in total. The third-order valence-electron chi connectivity index (χ3n) is 3.69. The monoisotopic (exact) mass is 448 g/mol. The molecule has 0 aromatic carbocycles. The van der Waals surface area contributed by atoms with Crippen LogP contribution in [-0.2, 0) is 6.42 Å². The normalized spacial score (nSPS) is 9.64. The smallest absolute Gasteiger partial charge is 0.220 e. The molecule has 3 aromatic rings. The predicted molar refractivity (Wildman–Crippen MR) is 115 cm³/mol. The van der Waals surface area contributed by atoms with Crippen LogP contribution in [0, 0.1) is 5.82 Å². The zero-order valence-corrected chi connectivity index (χ0v) is 17.2. The molecule has 0 unspecified atom stereocenters. The van der Waals surface area contributed by atoms with Crippen molar-refractivity contribution in [3.05, 3.63) is 42.0 Å². The summed E-state index contributed by atoms with van der Waals surface area (Å²) in [5.41, 5.74) is 13.1. The third-order valence-corrected chi connectivity index (χ3v) is 3.69. The lowest BCUT2D eigenvalue weighted by Gasteiger charge is -2.11. The fourth-order valence-electron chi connectivity index (χ4n) is 2.51. The van der Waals surface area contributed by atoms with Crippen LogP contribution in [0.5, 0.6) is 5.75 Å². The van der Waals surface area contributed by atoms with Crippen molar-refractivity contribution in [2.45, 2.75) is 19.8 Å². The minimum Gasteiger partial charge on any atom is -0.506 e. The van der Waals surface area contributed by atoms with Crippen LogP contribution >= 0.6 is 37.2 Å². The molecule has 7 nitrogen and oxygen atoms in total. The molecule has 0 spiro atoms. The second kappa shape index (κ2) is 10.8. The third kappa shape index (κ3) is 5.09. The van der Waals surface area contributed by atoms with Crippen LogP contribution in [0.15, 0.2) is 30.6 Å². The van der Waals surface area contributed by atoms with E-state index in [2.05, 4.69) is 19.9 Å². The van der Waals surface area contributed by atoms with E-state index in [0.717, 1.165) is 12.0 Å². The maximum Gasteiger partial charge on any atom is 0.220 e. The molecule has 0 fully saturated rings. The Morgan fingerprint density at radius 1 is 1.00 bits per heavy atom. The maximum atomic E-state index is 14.3. The topological polar surface area (TPSA) is 124 Å². The zero-order chi connectivity index (χ0) is 18.0. The number of nitrogen functional groups attached to an aromatic ring is 2. The summed E-state index contributed by atoms with van der Waals surface area (Å²) >= 11 is 0. The van der Waals surface area contributed by atoms with Gasteiger partial charge < -0.3 is 16.6 Å². The van der Waals surface area contributed by atoms with Crippen molar-refractivity contribution in [2.75, 3.05) is 11.5 Å². The SMILES string of the molecule is CCCc1cnc(N)nc1-c1nc(-c2ccnc(N)c2F)ccc1O.Cl.Cl.Cl. The van der Waals surface area contributed by atoms with Gasteiger partial charge in [-0.1, -0.05) is 13.3 Å². The fraction of sp³-hybridized carbons (Fsp3) is 0.176. The average Bonchev–Trinajstić information content (AvgIpc) is 2.60. The highest BCUT2D eigenvalue weighted by atomic mass is 35.5. The molecule has 0 aliphatic rings. The van der Waals surface area contributed by atoms with Crippen LogP contribution in [0.1, 0.15) is 18.9 Å².